The first kappa shape index (κ1) is 8.10. The van der Waals surface area contributed by atoms with Gasteiger partial charge in [0.2, 0.25) is 5.91 Å². The summed E-state index contributed by atoms with van der Waals surface area (Å²) in [6.45, 7) is 0. The van der Waals surface area contributed by atoms with E-state index in [1.807, 2.05) is 18.2 Å². The van der Waals surface area contributed by atoms with Crippen LogP contribution in [-0.4, -0.2) is 13.0 Å². The average molecular weight is 176 g/mol. The first-order chi connectivity index (χ1) is 6.31. The van der Waals surface area contributed by atoms with E-state index < -0.39 is 0 Å². The van der Waals surface area contributed by atoms with Gasteiger partial charge in [0, 0.05) is 11.3 Å². The SMILES string of the molecule is COc1cccc2c1C[CH]C(=O)N2. The van der Waals surface area contributed by atoms with E-state index in [9.17, 15) is 4.79 Å². The maximum absolute atomic E-state index is 11.0. The van der Waals surface area contributed by atoms with Crippen LogP contribution in [0.3, 0.4) is 0 Å². The predicted octanol–water partition coefficient (Wildman–Crippen LogP) is 1.39. The lowest BCUT2D eigenvalue weighted by Crippen LogP contribution is -2.20. The molecule has 0 atom stereocenters. The average Bonchev–Trinajstić information content (AvgIpc) is 2.16. The van der Waals surface area contributed by atoms with Crippen LogP contribution in [0.15, 0.2) is 18.2 Å². The number of carbonyl (C=O) groups excluding carboxylic acids is 1. The molecular weight excluding hydrogens is 166 g/mol. The van der Waals surface area contributed by atoms with Crippen LogP contribution in [0.25, 0.3) is 0 Å². The van der Waals surface area contributed by atoms with Gasteiger partial charge in [-0.15, -0.1) is 0 Å². The molecule has 1 N–H and O–H groups in total. The number of hydrogen-bond donors (Lipinski definition) is 1. The Morgan fingerprint density at radius 3 is 3.08 bits per heavy atom. The molecule has 67 valence electrons. The van der Waals surface area contributed by atoms with Gasteiger partial charge in [-0.1, -0.05) is 6.07 Å². The molecule has 0 aromatic heterocycles. The summed E-state index contributed by atoms with van der Waals surface area (Å²) in [7, 11) is 1.63. The van der Waals surface area contributed by atoms with Crippen LogP contribution >= 0.6 is 0 Å². The highest BCUT2D eigenvalue weighted by molar-refractivity contribution is 6.00. The molecule has 1 aliphatic rings. The number of methoxy groups -OCH3 is 1. The van der Waals surface area contributed by atoms with Gasteiger partial charge in [-0.05, 0) is 18.6 Å². The summed E-state index contributed by atoms with van der Waals surface area (Å²) in [5, 5.41) is 2.76. The van der Waals surface area contributed by atoms with Gasteiger partial charge >= 0.3 is 0 Å². The molecular formula is C10H10NO2. The molecule has 13 heavy (non-hydrogen) atoms. The Hall–Kier alpha value is -1.51. The Labute approximate surface area is 76.7 Å². The summed E-state index contributed by atoms with van der Waals surface area (Å²) in [5.41, 5.74) is 1.90. The number of anilines is 1. The highest BCUT2D eigenvalue weighted by Crippen LogP contribution is 2.30. The van der Waals surface area contributed by atoms with Gasteiger partial charge in [0.1, 0.15) is 5.75 Å². The summed E-state index contributed by atoms with van der Waals surface area (Å²) in [4.78, 5) is 11.0. The topological polar surface area (TPSA) is 38.3 Å². The minimum Gasteiger partial charge on any atom is -0.496 e. The number of amides is 1. The lowest BCUT2D eigenvalue weighted by Gasteiger charge is -2.18. The Bertz CT molecular complexity index is 347. The van der Waals surface area contributed by atoms with Crippen molar-refractivity contribution in [3.63, 3.8) is 0 Å². The summed E-state index contributed by atoms with van der Waals surface area (Å²) >= 11 is 0. The van der Waals surface area contributed by atoms with E-state index >= 15 is 0 Å². The second-order valence-electron chi connectivity index (χ2n) is 2.88. The van der Waals surface area contributed by atoms with Crippen LogP contribution in [0.2, 0.25) is 0 Å². The van der Waals surface area contributed by atoms with E-state index in [2.05, 4.69) is 5.32 Å². The normalized spacial score (nSPS) is 14.7. The maximum atomic E-state index is 11.0. The van der Waals surface area contributed by atoms with Crippen LogP contribution in [0.4, 0.5) is 5.69 Å². The summed E-state index contributed by atoms with van der Waals surface area (Å²) in [6.07, 6.45) is 2.26. The van der Waals surface area contributed by atoms with Crippen molar-refractivity contribution in [1.29, 1.82) is 0 Å². The Balaban J connectivity index is 2.45. The van der Waals surface area contributed by atoms with Crippen LogP contribution in [-0.2, 0) is 11.2 Å². The summed E-state index contributed by atoms with van der Waals surface area (Å²) < 4.78 is 5.18. The van der Waals surface area contributed by atoms with Crippen LogP contribution < -0.4 is 10.1 Å². The van der Waals surface area contributed by atoms with Crippen molar-refractivity contribution in [3.05, 3.63) is 30.2 Å². The second-order valence-corrected chi connectivity index (χ2v) is 2.88. The molecule has 3 heteroatoms. The largest absolute Gasteiger partial charge is 0.496 e. The van der Waals surface area contributed by atoms with E-state index in [0.717, 1.165) is 17.0 Å². The monoisotopic (exact) mass is 176 g/mol. The van der Waals surface area contributed by atoms with Crippen LogP contribution in [0.1, 0.15) is 5.56 Å². The fraction of sp³-hybridized carbons (Fsp3) is 0.200. The van der Waals surface area contributed by atoms with Gasteiger partial charge < -0.3 is 10.1 Å². The van der Waals surface area contributed by atoms with Crippen molar-refractivity contribution in [1.82, 2.24) is 0 Å². The molecule has 0 spiro atoms. The summed E-state index contributed by atoms with van der Waals surface area (Å²) in [6, 6.07) is 5.64. The van der Waals surface area contributed by atoms with Gasteiger partial charge in [0.15, 0.2) is 0 Å². The molecule has 0 saturated carbocycles. The molecule has 1 heterocycles. The third-order valence-electron chi connectivity index (χ3n) is 2.10. The van der Waals surface area contributed by atoms with Crippen molar-refractivity contribution in [2.75, 3.05) is 12.4 Å². The highest BCUT2D eigenvalue weighted by atomic mass is 16.5. The zero-order chi connectivity index (χ0) is 9.26. The molecule has 0 unspecified atom stereocenters. The van der Waals surface area contributed by atoms with E-state index in [4.69, 9.17) is 4.74 Å². The van der Waals surface area contributed by atoms with Crippen LogP contribution in [0.5, 0.6) is 5.75 Å². The molecule has 1 aromatic rings. The Morgan fingerprint density at radius 1 is 1.46 bits per heavy atom. The van der Waals surface area contributed by atoms with Crippen LogP contribution in [0, 0.1) is 6.42 Å². The summed E-state index contributed by atoms with van der Waals surface area (Å²) in [5.74, 6) is 0.787. The van der Waals surface area contributed by atoms with E-state index in [1.54, 1.807) is 13.5 Å². The lowest BCUT2D eigenvalue weighted by atomic mass is 10.0. The zero-order valence-electron chi connectivity index (χ0n) is 7.33. The molecule has 0 bridgehead atoms. The van der Waals surface area contributed by atoms with Crippen molar-refractivity contribution in [3.8, 4) is 5.75 Å². The van der Waals surface area contributed by atoms with E-state index in [-0.39, 0.29) is 5.91 Å². The molecule has 2 rings (SSSR count). The quantitative estimate of drug-likeness (QED) is 0.702. The number of fused-ring (bicyclic) bond motifs is 1. The van der Waals surface area contributed by atoms with Crippen molar-refractivity contribution in [2.24, 2.45) is 0 Å². The fourth-order valence-corrected chi connectivity index (χ4v) is 1.46. The Morgan fingerprint density at radius 2 is 2.31 bits per heavy atom. The van der Waals surface area contributed by atoms with Gasteiger partial charge in [0.25, 0.3) is 0 Å². The number of ether oxygens (including phenoxy) is 1. The number of carbonyl (C=O) groups is 1. The first-order valence-electron chi connectivity index (χ1n) is 4.11. The van der Waals surface area contributed by atoms with Gasteiger partial charge in [0.05, 0.1) is 13.5 Å². The molecule has 0 aliphatic carbocycles. The highest BCUT2D eigenvalue weighted by Gasteiger charge is 2.17. The third kappa shape index (κ3) is 1.37. The standard InChI is InChI=1S/C10H10NO2/c1-13-9-4-2-3-8-7(9)5-6-10(12)11-8/h2-4,6H,5H2,1H3,(H,11,12). The van der Waals surface area contributed by atoms with E-state index in [1.165, 1.54) is 0 Å². The van der Waals surface area contributed by atoms with Gasteiger partial charge in [-0.2, -0.15) is 0 Å². The minimum absolute atomic E-state index is 0.0410. The molecule has 1 radical (unpaired) electrons. The van der Waals surface area contributed by atoms with Crippen molar-refractivity contribution in [2.45, 2.75) is 6.42 Å². The smallest absolute Gasteiger partial charge is 0.228 e. The molecule has 0 saturated heterocycles. The molecule has 1 aromatic carbocycles. The van der Waals surface area contributed by atoms with Crippen molar-refractivity contribution >= 4 is 11.6 Å². The van der Waals surface area contributed by atoms with Crippen molar-refractivity contribution < 1.29 is 9.53 Å². The maximum Gasteiger partial charge on any atom is 0.228 e. The molecule has 0 fully saturated rings. The molecule has 3 nitrogen and oxygen atoms in total. The molecule has 1 aliphatic heterocycles. The fourth-order valence-electron chi connectivity index (χ4n) is 1.46. The predicted molar refractivity (Wildman–Crippen MR) is 49.6 cm³/mol. The lowest BCUT2D eigenvalue weighted by molar-refractivity contribution is -0.113. The van der Waals surface area contributed by atoms with E-state index in [0.29, 0.717) is 6.42 Å². The molecule has 1 amide bonds. The zero-order valence-corrected chi connectivity index (χ0v) is 7.33. The number of rotatable bonds is 1. The van der Waals surface area contributed by atoms with Gasteiger partial charge in [-0.25, -0.2) is 0 Å². The third-order valence-corrected chi connectivity index (χ3v) is 2.10. The Kier molecular flexibility index (Phi) is 1.93. The number of hydrogen-bond acceptors (Lipinski definition) is 2. The number of nitrogens with one attached hydrogen (secondary N) is 1. The minimum atomic E-state index is -0.0410. The first-order valence-corrected chi connectivity index (χ1v) is 4.11. The second kappa shape index (κ2) is 3.09. The van der Waals surface area contributed by atoms with Gasteiger partial charge in [-0.3, -0.25) is 4.79 Å². The number of benzene rings is 1.